The second-order valence-electron chi connectivity index (χ2n) is 5.85. The number of aliphatic imine (C=N–C) groups is 1. The Morgan fingerprint density at radius 3 is 2.96 bits per heavy atom. The van der Waals surface area contributed by atoms with E-state index in [0.29, 0.717) is 13.1 Å². The van der Waals surface area contributed by atoms with Gasteiger partial charge in [-0.25, -0.2) is 9.98 Å². The Morgan fingerprint density at radius 2 is 2.28 bits per heavy atom. The quantitative estimate of drug-likeness (QED) is 0.606. The van der Waals surface area contributed by atoms with Gasteiger partial charge in [0.2, 0.25) is 0 Å². The van der Waals surface area contributed by atoms with Crippen molar-refractivity contribution in [1.29, 1.82) is 0 Å². The predicted octanol–water partition coefficient (Wildman–Crippen LogP) is 3.15. The van der Waals surface area contributed by atoms with Gasteiger partial charge in [-0.2, -0.15) is 0 Å². The van der Waals surface area contributed by atoms with Crippen LogP contribution in [0.3, 0.4) is 0 Å². The van der Waals surface area contributed by atoms with Gasteiger partial charge in [-0.1, -0.05) is 6.07 Å². The maximum Gasteiger partial charge on any atom is 0.194 e. The summed E-state index contributed by atoms with van der Waals surface area (Å²) in [6, 6.07) is 4.00. The van der Waals surface area contributed by atoms with Crippen molar-refractivity contribution in [1.82, 2.24) is 20.2 Å². The van der Waals surface area contributed by atoms with Crippen LogP contribution in [0.4, 0.5) is 0 Å². The van der Waals surface area contributed by atoms with Gasteiger partial charge in [0.05, 0.1) is 24.5 Å². The van der Waals surface area contributed by atoms with E-state index in [0.717, 1.165) is 34.5 Å². The fourth-order valence-corrected chi connectivity index (χ4v) is 3.15. The first-order valence-corrected chi connectivity index (χ1v) is 9.30. The highest BCUT2D eigenvalue weighted by Crippen LogP contribution is 2.20. The number of nitrogens with one attached hydrogen (secondary N) is 1. The van der Waals surface area contributed by atoms with E-state index in [1.54, 1.807) is 18.4 Å². The van der Waals surface area contributed by atoms with Crippen molar-refractivity contribution >= 4 is 17.3 Å². The smallest absolute Gasteiger partial charge is 0.194 e. The minimum atomic E-state index is 0.0260. The first-order chi connectivity index (χ1) is 12.0. The van der Waals surface area contributed by atoms with Gasteiger partial charge in [-0.15, -0.1) is 11.3 Å². The molecule has 0 amide bonds. The third-order valence-electron chi connectivity index (χ3n) is 3.86. The largest absolute Gasteiger partial charge is 0.375 e. The normalized spacial score (nSPS) is 12.9. The molecule has 2 heterocycles. The number of nitrogens with zero attached hydrogens (tertiary/aromatic N) is 4. The molecular weight excluding hydrogens is 334 g/mol. The Hall–Kier alpha value is -1.99. The fraction of sp³-hybridized carbons (Fsp3) is 0.500. The standard InChI is InChI=1S/C18H27N5OS/c1-6-19-18(21-10-16-13(2)8-7-9-20-16)23(4)11-15-12-25-17(22-15)14(3)24-5/h7-9,12,14H,6,10-11H2,1-5H3,(H,19,21). The maximum atomic E-state index is 5.33. The van der Waals surface area contributed by atoms with Crippen molar-refractivity contribution in [3.8, 4) is 0 Å². The van der Waals surface area contributed by atoms with E-state index < -0.39 is 0 Å². The van der Waals surface area contributed by atoms with Crippen LogP contribution in [0.25, 0.3) is 0 Å². The molecule has 7 heteroatoms. The van der Waals surface area contributed by atoms with E-state index in [9.17, 15) is 0 Å². The minimum absolute atomic E-state index is 0.0260. The van der Waals surface area contributed by atoms with Crippen LogP contribution in [0.2, 0.25) is 0 Å². The van der Waals surface area contributed by atoms with Gasteiger partial charge in [0, 0.05) is 32.3 Å². The van der Waals surface area contributed by atoms with E-state index in [1.165, 1.54) is 0 Å². The number of hydrogen-bond acceptors (Lipinski definition) is 5. The number of guanidine groups is 1. The van der Waals surface area contributed by atoms with Gasteiger partial charge in [0.15, 0.2) is 5.96 Å². The van der Waals surface area contributed by atoms with Crippen LogP contribution < -0.4 is 5.32 Å². The highest BCUT2D eigenvalue weighted by atomic mass is 32.1. The van der Waals surface area contributed by atoms with E-state index in [4.69, 9.17) is 9.73 Å². The number of pyridine rings is 1. The molecule has 0 aliphatic carbocycles. The Kier molecular flexibility index (Phi) is 7.33. The van der Waals surface area contributed by atoms with Crippen molar-refractivity contribution in [3.63, 3.8) is 0 Å². The van der Waals surface area contributed by atoms with Gasteiger partial charge >= 0.3 is 0 Å². The number of thiazole rings is 1. The van der Waals surface area contributed by atoms with Gasteiger partial charge in [0.1, 0.15) is 11.1 Å². The molecule has 25 heavy (non-hydrogen) atoms. The third kappa shape index (κ3) is 5.51. The molecule has 136 valence electrons. The Labute approximate surface area is 154 Å². The van der Waals surface area contributed by atoms with Crippen LogP contribution in [0, 0.1) is 6.92 Å². The molecule has 0 spiro atoms. The molecule has 0 bridgehead atoms. The van der Waals surface area contributed by atoms with Crippen LogP contribution in [0.1, 0.15) is 41.9 Å². The van der Waals surface area contributed by atoms with Gasteiger partial charge in [-0.3, -0.25) is 4.98 Å². The summed E-state index contributed by atoms with van der Waals surface area (Å²) in [5.74, 6) is 0.849. The molecule has 0 saturated heterocycles. The summed E-state index contributed by atoms with van der Waals surface area (Å²) >= 11 is 1.63. The molecule has 2 aromatic heterocycles. The summed E-state index contributed by atoms with van der Waals surface area (Å²) < 4.78 is 5.33. The summed E-state index contributed by atoms with van der Waals surface area (Å²) in [5.41, 5.74) is 3.17. The summed E-state index contributed by atoms with van der Waals surface area (Å²) in [4.78, 5) is 15.9. The molecule has 2 rings (SSSR count). The first-order valence-electron chi connectivity index (χ1n) is 8.42. The Balaban J connectivity index is 2.06. The molecule has 0 fully saturated rings. The molecule has 0 aliphatic rings. The van der Waals surface area contributed by atoms with E-state index in [-0.39, 0.29) is 6.10 Å². The number of rotatable bonds is 7. The average Bonchev–Trinajstić information content (AvgIpc) is 3.07. The lowest BCUT2D eigenvalue weighted by Gasteiger charge is -2.21. The molecule has 0 aromatic carbocycles. The summed E-state index contributed by atoms with van der Waals surface area (Å²) in [6.45, 7) is 8.20. The van der Waals surface area contributed by atoms with Crippen molar-refractivity contribution < 1.29 is 4.74 Å². The van der Waals surface area contributed by atoms with Gasteiger partial charge < -0.3 is 15.0 Å². The van der Waals surface area contributed by atoms with Gasteiger partial charge in [0.25, 0.3) is 0 Å². The molecule has 0 radical (unpaired) electrons. The van der Waals surface area contributed by atoms with Crippen LogP contribution in [-0.2, 0) is 17.8 Å². The molecule has 1 unspecified atom stereocenters. The number of hydrogen-bond donors (Lipinski definition) is 1. The summed E-state index contributed by atoms with van der Waals surface area (Å²) in [6.07, 6.45) is 1.83. The van der Waals surface area contributed by atoms with Crippen LogP contribution in [0.5, 0.6) is 0 Å². The molecule has 0 aliphatic heterocycles. The lowest BCUT2D eigenvalue weighted by atomic mass is 10.2. The summed E-state index contributed by atoms with van der Waals surface area (Å²) in [5, 5.41) is 6.41. The fourth-order valence-electron chi connectivity index (χ4n) is 2.30. The molecule has 2 aromatic rings. The van der Waals surface area contributed by atoms with Crippen molar-refractivity contribution in [2.45, 2.75) is 40.0 Å². The molecule has 0 saturated carbocycles. The van der Waals surface area contributed by atoms with Crippen LogP contribution in [0.15, 0.2) is 28.7 Å². The van der Waals surface area contributed by atoms with Crippen LogP contribution in [-0.4, -0.2) is 41.5 Å². The SMILES string of the molecule is CCNC(=NCc1ncccc1C)N(C)Cc1csc(C(C)OC)n1. The van der Waals surface area contributed by atoms with Crippen molar-refractivity contribution in [2.75, 3.05) is 20.7 Å². The molecular formula is C18H27N5OS. The molecule has 1 N–H and O–H groups in total. The van der Waals surface area contributed by atoms with E-state index >= 15 is 0 Å². The lowest BCUT2D eigenvalue weighted by Crippen LogP contribution is -2.38. The topological polar surface area (TPSA) is 62.6 Å². The lowest BCUT2D eigenvalue weighted by molar-refractivity contribution is 0.119. The zero-order valence-corrected chi connectivity index (χ0v) is 16.4. The second kappa shape index (κ2) is 9.48. The number of methoxy groups -OCH3 is 1. The number of aryl methyl sites for hydroxylation is 1. The zero-order chi connectivity index (χ0) is 18.2. The highest BCUT2D eigenvalue weighted by molar-refractivity contribution is 7.09. The van der Waals surface area contributed by atoms with Crippen molar-refractivity contribution in [3.05, 3.63) is 45.7 Å². The number of ether oxygens (including phenoxy) is 1. The maximum absolute atomic E-state index is 5.33. The van der Waals surface area contributed by atoms with Crippen molar-refractivity contribution in [2.24, 2.45) is 4.99 Å². The molecule has 1 atom stereocenters. The first kappa shape index (κ1) is 19.3. The minimum Gasteiger partial charge on any atom is -0.375 e. The third-order valence-corrected chi connectivity index (χ3v) is 4.92. The predicted molar refractivity (Wildman–Crippen MR) is 103 cm³/mol. The monoisotopic (exact) mass is 361 g/mol. The zero-order valence-electron chi connectivity index (χ0n) is 15.6. The number of aromatic nitrogens is 2. The Bertz CT molecular complexity index is 700. The Morgan fingerprint density at radius 1 is 1.48 bits per heavy atom. The van der Waals surface area contributed by atoms with Crippen LogP contribution >= 0.6 is 11.3 Å². The van der Waals surface area contributed by atoms with E-state index in [1.807, 2.05) is 26.2 Å². The second-order valence-corrected chi connectivity index (χ2v) is 6.74. The summed E-state index contributed by atoms with van der Waals surface area (Å²) in [7, 11) is 3.72. The average molecular weight is 362 g/mol. The van der Waals surface area contributed by atoms with Gasteiger partial charge in [-0.05, 0) is 32.4 Å². The molecule has 6 nitrogen and oxygen atoms in total. The highest BCUT2D eigenvalue weighted by Gasteiger charge is 2.12. The van der Waals surface area contributed by atoms with E-state index in [2.05, 4.69) is 45.5 Å².